The van der Waals surface area contributed by atoms with Crippen LogP contribution in [0.3, 0.4) is 0 Å². The van der Waals surface area contributed by atoms with Gasteiger partial charge in [-0.1, -0.05) is 25.4 Å². The van der Waals surface area contributed by atoms with Crippen molar-refractivity contribution in [3.8, 4) is 0 Å². The third-order valence-corrected chi connectivity index (χ3v) is 4.67. The number of amides is 2. The van der Waals surface area contributed by atoms with E-state index in [9.17, 15) is 9.59 Å². The number of hydrogen-bond donors (Lipinski definition) is 2. The van der Waals surface area contributed by atoms with Gasteiger partial charge in [0.2, 0.25) is 5.91 Å². The standard InChI is InChI=1S/C16H20ClN5O3/c1-9(2)11-8-18-22-13(7-12(17)19-14(11)22)20-15(23)10-3-5-21(6-4-10)16(24)25/h7-10H,3-6H2,1-2H3,(H,20,23)(H,24,25). The van der Waals surface area contributed by atoms with Crippen LogP contribution in [0.4, 0.5) is 10.6 Å². The first-order chi connectivity index (χ1) is 11.9. The van der Waals surface area contributed by atoms with Crippen molar-refractivity contribution in [3.05, 3.63) is 23.0 Å². The predicted octanol–water partition coefficient (Wildman–Crippen LogP) is 2.83. The monoisotopic (exact) mass is 365 g/mol. The molecule has 1 aliphatic rings. The van der Waals surface area contributed by atoms with Crippen LogP contribution in [0.2, 0.25) is 5.15 Å². The minimum absolute atomic E-state index is 0.157. The summed E-state index contributed by atoms with van der Waals surface area (Å²) in [4.78, 5) is 29.1. The summed E-state index contributed by atoms with van der Waals surface area (Å²) < 4.78 is 1.57. The van der Waals surface area contributed by atoms with Crippen LogP contribution in [-0.2, 0) is 4.79 Å². The lowest BCUT2D eigenvalue weighted by atomic mass is 9.96. The van der Waals surface area contributed by atoms with E-state index in [1.54, 1.807) is 16.8 Å². The maximum atomic E-state index is 12.6. The van der Waals surface area contributed by atoms with Gasteiger partial charge in [-0.15, -0.1) is 0 Å². The van der Waals surface area contributed by atoms with Crippen molar-refractivity contribution in [3.63, 3.8) is 0 Å². The zero-order valence-corrected chi connectivity index (χ0v) is 14.8. The largest absolute Gasteiger partial charge is 0.465 e. The third kappa shape index (κ3) is 3.53. The summed E-state index contributed by atoms with van der Waals surface area (Å²) in [5.74, 6) is 0.299. The fourth-order valence-electron chi connectivity index (χ4n) is 3.01. The highest BCUT2D eigenvalue weighted by atomic mass is 35.5. The Hall–Kier alpha value is -2.35. The van der Waals surface area contributed by atoms with Gasteiger partial charge in [0.25, 0.3) is 0 Å². The zero-order valence-electron chi connectivity index (χ0n) is 14.1. The minimum Gasteiger partial charge on any atom is -0.465 e. The number of likely N-dealkylation sites (tertiary alicyclic amines) is 1. The van der Waals surface area contributed by atoms with E-state index in [2.05, 4.69) is 15.4 Å². The predicted molar refractivity (Wildman–Crippen MR) is 93.0 cm³/mol. The topological polar surface area (TPSA) is 99.8 Å². The van der Waals surface area contributed by atoms with Gasteiger partial charge in [0, 0.05) is 30.6 Å². The van der Waals surface area contributed by atoms with Crippen LogP contribution >= 0.6 is 11.6 Å². The summed E-state index contributed by atoms with van der Waals surface area (Å²) in [5, 5.41) is 16.4. The van der Waals surface area contributed by atoms with Crippen molar-refractivity contribution in [2.24, 2.45) is 5.92 Å². The number of halogens is 1. The van der Waals surface area contributed by atoms with Gasteiger partial charge in [0.05, 0.1) is 6.20 Å². The number of rotatable bonds is 3. The van der Waals surface area contributed by atoms with E-state index in [4.69, 9.17) is 16.7 Å². The van der Waals surface area contributed by atoms with Gasteiger partial charge in [-0.2, -0.15) is 9.61 Å². The molecule has 8 nitrogen and oxygen atoms in total. The number of carbonyl (C=O) groups excluding carboxylic acids is 1. The molecule has 0 aromatic carbocycles. The molecule has 0 saturated carbocycles. The molecule has 0 aliphatic carbocycles. The molecule has 2 aromatic rings. The number of carboxylic acid groups (broad SMARTS) is 1. The van der Waals surface area contributed by atoms with Gasteiger partial charge in [0.15, 0.2) is 5.65 Å². The molecule has 0 unspecified atom stereocenters. The number of fused-ring (bicyclic) bond motifs is 1. The number of carbonyl (C=O) groups is 2. The molecule has 3 heterocycles. The second kappa shape index (κ2) is 6.87. The second-order valence-electron chi connectivity index (χ2n) is 6.49. The van der Waals surface area contributed by atoms with E-state index in [1.807, 2.05) is 13.8 Å². The van der Waals surface area contributed by atoms with Crippen molar-refractivity contribution in [1.82, 2.24) is 19.5 Å². The average molecular weight is 366 g/mol. The van der Waals surface area contributed by atoms with E-state index < -0.39 is 6.09 Å². The molecular formula is C16H20ClN5O3. The van der Waals surface area contributed by atoms with Crippen molar-refractivity contribution < 1.29 is 14.7 Å². The van der Waals surface area contributed by atoms with Crippen molar-refractivity contribution in [2.45, 2.75) is 32.6 Å². The number of aromatic nitrogens is 3. The molecule has 134 valence electrons. The highest BCUT2D eigenvalue weighted by molar-refractivity contribution is 6.29. The molecule has 25 heavy (non-hydrogen) atoms. The number of nitrogens with zero attached hydrogens (tertiary/aromatic N) is 4. The van der Waals surface area contributed by atoms with Crippen molar-refractivity contribution in [1.29, 1.82) is 0 Å². The first-order valence-corrected chi connectivity index (χ1v) is 8.57. The number of nitrogens with one attached hydrogen (secondary N) is 1. The van der Waals surface area contributed by atoms with E-state index in [1.165, 1.54) is 4.90 Å². The smallest absolute Gasteiger partial charge is 0.407 e. The summed E-state index contributed by atoms with van der Waals surface area (Å²) in [6, 6.07) is 1.57. The summed E-state index contributed by atoms with van der Waals surface area (Å²) in [5.41, 5.74) is 1.58. The Labute approximate surface area is 149 Å². The quantitative estimate of drug-likeness (QED) is 0.814. The van der Waals surface area contributed by atoms with E-state index >= 15 is 0 Å². The van der Waals surface area contributed by atoms with Crippen molar-refractivity contribution >= 4 is 35.1 Å². The van der Waals surface area contributed by atoms with Crippen LogP contribution in [-0.4, -0.2) is 49.7 Å². The normalized spacial score (nSPS) is 15.8. The number of hydrogen-bond acceptors (Lipinski definition) is 4. The first kappa shape index (κ1) is 17.5. The first-order valence-electron chi connectivity index (χ1n) is 8.19. The molecule has 1 saturated heterocycles. The molecule has 1 aliphatic heterocycles. The Morgan fingerprint density at radius 2 is 2.04 bits per heavy atom. The van der Waals surface area contributed by atoms with Crippen LogP contribution in [0, 0.1) is 5.92 Å². The van der Waals surface area contributed by atoms with Crippen molar-refractivity contribution in [2.75, 3.05) is 18.4 Å². The maximum absolute atomic E-state index is 12.6. The number of piperidine rings is 1. The molecule has 2 amide bonds. The van der Waals surface area contributed by atoms with Crippen LogP contribution < -0.4 is 5.32 Å². The summed E-state index contributed by atoms with van der Waals surface area (Å²) in [7, 11) is 0. The molecule has 9 heteroatoms. The van der Waals surface area contributed by atoms with E-state index in [-0.39, 0.29) is 22.9 Å². The average Bonchev–Trinajstić information content (AvgIpc) is 2.99. The molecule has 1 fully saturated rings. The molecule has 0 bridgehead atoms. The van der Waals surface area contributed by atoms with Gasteiger partial charge in [-0.05, 0) is 18.8 Å². The fraction of sp³-hybridized carbons (Fsp3) is 0.500. The SMILES string of the molecule is CC(C)c1cnn2c(NC(=O)C3CCN(C(=O)O)CC3)cc(Cl)nc12. The van der Waals surface area contributed by atoms with Crippen LogP contribution in [0.5, 0.6) is 0 Å². The van der Waals surface area contributed by atoms with Crippen LogP contribution in [0.15, 0.2) is 12.3 Å². The lowest BCUT2D eigenvalue weighted by molar-refractivity contribution is -0.121. The second-order valence-corrected chi connectivity index (χ2v) is 6.87. The Bertz CT molecular complexity index is 811. The van der Waals surface area contributed by atoms with Crippen LogP contribution in [0.1, 0.15) is 38.2 Å². The summed E-state index contributed by atoms with van der Waals surface area (Å²) in [6.45, 7) is 4.79. The highest BCUT2D eigenvalue weighted by Crippen LogP contribution is 2.25. The Kier molecular flexibility index (Phi) is 4.80. The lowest BCUT2D eigenvalue weighted by Crippen LogP contribution is -2.40. The van der Waals surface area contributed by atoms with E-state index in [0.29, 0.717) is 37.4 Å². The van der Waals surface area contributed by atoms with Gasteiger partial charge in [0.1, 0.15) is 11.0 Å². The molecular weight excluding hydrogens is 346 g/mol. The van der Waals surface area contributed by atoms with Gasteiger partial charge in [-0.25, -0.2) is 9.78 Å². The minimum atomic E-state index is -0.945. The van der Waals surface area contributed by atoms with Crippen LogP contribution in [0.25, 0.3) is 5.65 Å². The zero-order chi connectivity index (χ0) is 18.1. The Balaban J connectivity index is 1.79. The summed E-state index contributed by atoms with van der Waals surface area (Å²) in [6.07, 6.45) is 1.77. The molecule has 0 spiro atoms. The summed E-state index contributed by atoms with van der Waals surface area (Å²) >= 11 is 6.11. The van der Waals surface area contributed by atoms with Gasteiger partial charge in [-0.3, -0.25) is 4.79 Å². The fourth-order valence-corrected chi connectivity index (χ4v) is 3.19. The molecule has 0 atom stereocenters. The Morgan fingerprint density at radius 1 is 1.36 bits per heavy atom. The van der Waals surface area contributed by atoms with E-state index in [0.717, 1.165) is 5.56 Å². The molecule has 3 rings (SSSR count). The molecule has 0 radical (unpaired) electrons. The van der Waals surface area contributed by atoms with Gasteiger partial charge < -0.3 is 15.3 Å². The number of anilines is 1. The lowest BCUT2D eigenvalue weighted by Gasteiger charge is -2.29. The third-order valence-electron chi connectivity index (χ3n) is 4.48. The highest BCUT2D eigenvalue weighted by Gasteiger charge is 2.27. The molecule has 2 N–H and O–H groups in total. The maximum Gasteiger partial charge on any atom is 0.407 e. The van der Waals surface area contributed by atoms with Gasteiger partial charge >= 0.3 is 6.09 Å². The molecule has 2 aromatic heterocycles. The Morgan fingerprint density at radius 3 is 2.64 bits per heavy atom.